The molecule has 1 aromatic carbocycles. The van der Waals surface area contributed by atoms with Gasteiger partial charge in [0, 0.05) is 16.7 Å². The third kappa shape index (κ3) is 3.06. The molecule has 1 amide bonds. The van der Waals surface area contributed by atoms with Gasteiger partial charge in [-0.05, 0) is 43.7 Å². The van der Waals surface area contributed by atoms with E-state index in [0.717, 1.165) is 36.1 Å². The molecule has 0 unspecified atom stereocenters. The second-order valence-electron chi connectivity index (χ2n) is 4.04. The maximum Gasteiger partial charge on any atom is 0.228 e. The Balaban J connectivity index is 1.93. The van der Waals surface area contributed by atoms with Gasteiger partial charge in [0.1, 0.15) is 0 Å². The quantitative estimate of drug-likeness (QED) is 0.875. The van der Waals surface area contributed by atoms with Crippen LogP contribution < -0.4 is 10.6 Å². The predicted octanol–water partition coefficient (Wildman–Crippen LogP) is 2.39. The molecule has 16 heavy (non-hydrogen) atoms. The minimum atomic E-state index is 0.109. The van der Waals surface area contributed by atoms with Crippen LogP contribution in [-0.4, -0.2) is 19.0 Å². The summed E-state index contributed by atoms with van der Waals surface area (Å²) in [5.74, 6) is 0.229. The molecule has 1 fully saturated rings. The summed E-state index contributed by atoms with van der Waals surface area (Å²) in [6.45, 7) is 1.82. The zero-order chi connectivity index (χ0) is 11.4. The fourth-order valence-corrected chi connectivity index (χ4v) is 2.12. The standard InChI is InChI=1S/C12H15BrN2O/c13-10-3-5-11(6-4-10)15-12(16)9-2-1-7-14-8-9/h3-6,9,14H,1-2,7-8H2,(H,15,16)/t9-/m0/s1. The number of amides is 1. The number of anilines is 1. The van der Waals surface area contributed by atoms with Gasteiger partial charge in [-0.3, -0.25) is 4.79 Å². The normalized spacial score (nSPS) is 20.4. The van der Waals surface area contributed by atoms with Gasteiger partial charge in [-0.15, -0.1) is 0 Å². The van der Waals surface area contributed by atoms with E-state index >= 15 is 0 Å². The van der Waals surface area contributed by atoms with Gasteiger partial charge < -0.3 is 10.6 Å². The summed E-state index contributed by atoms with van der Waals surface area (Å²) in [6, 6.07) is 7.65. The lowest BCUT2D eigenvalue weighted by Gasteiger charge is -2.21. The molecule has 2 N–H and O–H groups in total. The lowest BCUT2D eigenvalue weighted by molar-refractivity contribution is -0.120. The number of hydrogen-bond acceptors (Lipinski definition) is 2. The van der Waals surface area contributed by atoms with Crippen LogP contribution >= 0.6 is 15.9 Å². The summed E-state index contributed by atoms with van der Waals surface area (Å²) in [7, 11) is 0. The average Bonchev–Trinajstić information content (AvgIpc) is 2.33. The van der Waals surface area contributed by atoms with Crippen LogP contribution in [0.2, 0.25) is 0 Å². The van der Waals surface area contributed by atoms with E-state index in [1.54, 1.807) is 0 Å². The molecule has 0 spiro atoms. The zero-order valence-corrected chi connectivity index (χ0v) is 10.6. The van der Waals surface area contributed by atoms with Crippen LogP contribution in [0, 0.1) is 5.92 Å². The first kappa shape index (κ1) is 11.6. The summed E-state index contributed by atoms with van der Waals surface area (Å²) >= 11 is 3.37. The van der Waals surface area contributed by atoms with Crippen molar-refractivity contribution in [1.29, 1.82) is 0 Å². The van der Waals surface area contributed by atoms with Crippen molar-refractivity contribution in [2.45, 2.75) is 12.8 Å². The summed E-state index contributed by atoms with van der Waals surface area (Å²) in [6.07, 6.45) is 2.06. The highest BCUT2D eigenvalue weighted by Crippen LogP contribution is 2.16. The van der Waals surface area contributed by atoms with Gasteiger partial charge in [0.15, 0.2) is 0 Å². The van der Waals surface area contributed by atoms with E-state index in [1.165, 1.54) is 0 Å². The number of halogens is 1. The van der Waals surface area contributed by atoms with Crippen molar-refractivity contribution in [3.8, 4) is 0 Å². The van der Waals surface area contributed by atoms with Crippen molar-refractivity contribution in [1.82, 2.24) is 5.32 Å². The number of carbonyl (C=O) groups excluding carboxylic acids is 1. The second-order valence-corrected chi connectivity index (χ2v) is 4.96. The van der Waals surface area contributed by atoms with E-state index in [9.17, 15) is 4.79 Å². The summed E-state index contributed by atoms with van der Waals surface area (Å²) < 4.78 is 1.02. The highest BCUT2D eigenvalue weighted by Gasteiger charge is 2.20. The molecule has 86 valence electrons. The fraction of sp³-hybridized carbons (Fsp3) is 0.417. The monoisotopic (exact) mass is 282 g/mol. The Morgan fingerprint density at radius 2 is 2.12 bits per heavy atom. The minimum absolute atomic E-state index is 0.109. The van der Waals surface area contributed by atoms with Gasteiger partial charge in [-0.2, -0.15) is 0 Å². The molecule has 1 aromatic rings. The number of benzene rings is 1. The molecule has 0 bridgehead atoms. The fourth-order valence-electron chi connectivity index (χ4n) is 1.85. The van der Waals surface area contributed by atoms with Crippen LogP contribution in [0.15, 0.2) is 28.7 Å². The molecule has 0 aliphatic carbocycles. The van der Waals surface area contributed by atoms with E-state index in [2.05, 4.69) is 26.6 Å². The Labute approximate surface area is 104 Å². The first-order valence-electron chi connectivity index (χ1n) is 5.53. The van der Waals surface area contributed by atoms with Gasteiger partial charge in [0.2, 0.25) is 5.91 Å². The Morgan fingerprint density at radius 3 is 2.75 bits per heavy atom. The zero-order valence-electron chi connectivity index (χ0n) is 9.00. The highest BCUT2D eigenvalue weighted by molar-refractivity contribution is 9.10. The topological polar surface area (TPSA) is 41.1 Å². The Morgan fingerprint density at radius 1 is 1.38 bits per heavy atom. The molecular weight excluding hydrogens is 268 g/mol. The van der Waals surface area contributed by atoms with Crippen molar-refractivity contribution in [2.75, 3.05) is 18.4 Å². The minimum Gasteiger partial charge on any atom is -0.326 e. The second kappa shape index (κ2) is 5.46. The maximum absolute atomic E-state index is 11.9. The highest BCUT2D eigenvalue weighted by atomic mass is 79.9. The van der Waals surface area contributed by atoms with Gasteiger partial charge in [-0.1, -0.05) is 15.9 Å². The van der Waals surface area contributed by atoms with E-state index in [0.29, 0.717) is 0 Å². The molecule has 3 nitrogen and oxygen atoms in total. The third-order valence-corrected chi connectivity index (χ3v) is 3.31. The number of hydrogen-bond donors (Lipinski definition) is 2. The Hall–Kier alpha value is -0.870. The Kier molecular flexibility index (Phi) is 3.96. The van der Waals surface area contributed by atoms with Gasteiger partial charge in [-0.25, -0.2) is 0 Å². The third-order valence-electron chi connectivity index (χ3n) is 2.78. The van der Waals surface area contributed by atoms with Crippen LogP contribution in [0.1, 0.15) is 12.8 Å². The number of piperidine rings is 1. The van der Waals surface area contributed by atoms with E-state index in [1.807, 2.05) is 24.3 Å². The maximum atomic E-state index is 11.9. The summed E-state index contributed by atoms with van der Waals surface area (Å²) in [5.41, 5.74) is 0.860. The van der Waals surface area contributed by atoms with E-state index < -0.39 is 0 Å². The van der Waals surface area contributed by atoms with Crippen molar-refractivity contribution < 1.29 is 4.79 Å². The first-order valence-corrected chi connectivity index (χ1v) is 6.32. The van der Waals surface area contributed by atoms with Gasteiger partial charge in [0.25, 0.3) is 0 Å². The van der Waals surface area contributed by atoms with Gasteiger partial charge in [0.05, 0.1) is 5.92 Å². The average molecular weight is 283 g/mol. The number of carbonyl (C=O) groups is 1. The molecule has 1 heterocycles. The first-order chi connectivity index (χ1) is 7.75. The van der Waals surface area contributed by atoms with Crippen molar-refractivity contribution >= 4 is 27.5 Å². The lowest BCUT2D eigenvalue weighted by atomic mass is 9.99. The molecular formula is C12H15BrN2O. The van der Waals surface area contributed by atoms with Crippen LogP contribution in [0.4, 0.5) is 5.69 Å². The molecule has 0 saturated carbocycles. The van der Waals surface area contributed by atoms with E-state index in [4.69, 9.17) is 0 Å². The van der Waals surface area contributed by atoms with Crippen molar-refractivity contribution in [2.24, 2.45) is 5.92 Å². The van der Waals surface area contributed by atoms with Crippen molar-refractivity contribution in [3.63, 3.8) is 0 Å². The summed E-state index contributed by atoms with van der Waals surface area (Å²) in [4.78, 5) is 11.9. The summed E-state index contributed by atoms with van der Waals surface area (Å²) in [5, 5.41) is 6.18. The molecule has 1 aliphatic rings. The smallest absolute Gasteiger partial charge is 0.228 e. The molecule has 2 rings (SSSR count). The lowest BCUT2D eigenvalue weighted by Crippen LogP contribution is -2.37. The van der Waals surface area contributed by atoms with Crippen LogP contribution in [0.5, 0.6) is 0 Å². The number of nitrogens with one attached hydrogen (secondary N) is 2. The SMILES string of the molecule is O=C(Nc1ccc(Br)cc1)[C@H]1CCCNC1. The molecule has 0 aromatic heterocycles. The molecule has 4 heteroatoms. The van der Waals surface area contributed by atoms with E-state index in [-0.39, 0.29) is 11.8 Å². The largest absolute Gasteiger partial charge is 0.326 e. The van der Waals surface area contributed by atoms with Crippen LogP contribution in [-0.2, 0) is 4.79 Å². The number of rotatable bonds is 2. The Bertz CT molecular complexity index is 358. The van der Waals surface area contributed by atoms with Crippen LogP contribution in [0.3, 0.4) is 0 Å². The van der Waals surface area contributed by atoms with Crippen molar-refractivity contribution in [3.05, 3.63) is 28.7 Å². The molecule has 0 radical (unpaired) electrons. The predicted molar refractivity (Wildman–Crippen MR) is 68.4 cm³/mol. The van der Waals surface area contributed by atoms with Gasteiger partial charge >= 0.3 is 0 Å². The molecule has 1 saturated heterocycles. The van der Waals surface area contributed by atoms with Crippen LogP contribution in [0.25, 0.3) is 0 Å². The molecule has 1 atom stereocenters. The molecule has 1 aliphatic heterocycles.